The molecule has 0 atom stereocenters. The van der Waals surface area contributed by atoms with Gasteiger partial charge in [-0.1, -0.05) is 50.8 Å². The average Bonchev–Trinajstić information content (AvgIpc) is 3.21. The Morgan fingerprint density at radius 2 is 2.00 bits per heavy atom. The first-order valence-electron chi connectivity index (χ1n) is 7.53. The van der Waals surface area contributed by atoms with Crippen molar-refractivity contribution in [3.63, 3.8) is 0 Å². The summed E-state index contributed by atoms with van der Waals surface area (Å²) in [6, 6.07) is 1.66. The zero-order chi connectivity index (χ0) is 13.5. The van der Waals surface area contributed by atoms with Crippen molar-refractivity contribution in [3.05, 3.63) is 22.1 Å². The summed E-state index contributed by atoms with van der Waals surface area (Å²) in [5.74, 6) is 1.61. The maximum atomic E-state index is 11.5. The normalized spacial score (nSPS) is 14.8. The molecule has 1 saturated carbocycles. The highest BCUT2D eigenvalue weighted by Crippen LogP contribution is 2.38. The van der Waals surface area contributed by atoms with Gasteiger partial charge in [-0.25, -0.2) is 4.98 Å². The monoisotopic (exact) mass is 280 g/mol. The SMILES string of the molecule is CCCCCCCCSc1nc(C2CC2)cc(=O)[nH]1. The Kier molecular flexibility index (Phi) is 5.95. The Balaban J connectivity index is 1.69. The second-order valence-corrected chi connectivity index (χ2v) is 6.45. The van der Waals surface area contributed by atoms with Crippen molar-refractivity contribution >= 4 is 11.8 Å². The van der Waals surface area contributed by atoms with Gasteiger partial charge < -0.3 is 4.98 Å². The van der Waals surface area contributed by atoms with E-state index in [-0.39, 0.29) is 5.56 Å². The van der Waals surface area contributed by atoms with Gasteiger partial charge >= 0.3 is 0 Å². The van der Waals surface area contributed by atoms with Crippen molar-refractivity contribution in [2.24, 2.45) is 0 Å². The lowest BCUT2D eigenvalue weighted by Gasteiger charge is -2.03. The van der Waals surface area contributed by atoms with Gasteiger partial charge in [-0.15, -0.1) is 0 Å². The van der Waals surface area contributed by atoms with Crippen LogP contribution in [0.2, 0.25) is 0 Å². The van der Waals surface area contributed by atoms with E-state index in [9.17, 15) is 4.79 Å². The smallest absolute Gasteiger partial charge is 0.251 e. The summed E-state index contributed by atoms with van der Waals surface area (Å²) < 4.78 is 0. The van der Waals surface area contributed by atoms with E-state index in [0.717, 1.165) is 16.6 Å². The summed E-state index contributed by atoms with van der Waals surface area (Å²) >= 11 is 1.69. The number of rotatable bonds is 9. The molecular formula is C15H24N2OS. The largest absolute Gasteiger partial charge is 0.301 e. The topological polar surface area (TPSA) is 45.8 Å². The molecule has 0 radical (unpaired) electrons. The third-order valence-corrected chi connectivity index (χ3v) is 4.43. The third kappa shape index (κ3) is 5.39. The molecule has 0 unspecified atom stereocenters. The van der Waals surface area contributed by atoms with Crippen molar-refractivity contribution in [1.29, 1.82) is 0 Å². The van der Waals surface area contributed by atoms with E-state index in [1.165, 1.54) is 51.4 Å². The van der Waals surface area contributed by atoms with Crippen LogP contribution in [0.5, 0.6) is 0 Å². The highest BCUT2D eigenvalue weighted by Gasteiger charge is 2.25. The van der Waals surface area contributed by atoms with Gasteiger partial charge in [0, 0.05) is 17.7 Å². The zero-order valence-electron chi connectivity index (χ0n) is 11.8. The molecule has 2 rings (SSSR count). The number of hydrogen-bond acceptors (Lipinski definition) is 3. The van der Waals surface area contributed by atoms with Crippen molar-refractivity contribution < 1.29 is 0 Å². The van der Waals surface area contributed by atoms with Gasteiger partial charge in [-0.2, -0.15) is 0 Å². The van der Waals surface area contributed by atoms with Crippen LogP contribution in [0.15, 0.2) is 16.0 Å². The number of thioether (sulfide) groups is 1. The Hall–Kier alpha value is -0.770. The molecule has 0 aliphatic heterocycles. The number of nitrogens with one attached hydrogen (secondary N) is 1. The van der Waals surface area contributed by atoms with Crippen LogP contribution in [0, 0.1) is 0 Å². The third-order valence-electron chi connectivity index (χ3n) is 3.47. The fourth-order valence-corrected chi connectivity index (χ4v) is 3.05. The Labute approximate surface area is 119 Å². The minimum absolute atomic E-state index is 0.00217. The number of unbranched alkanes of at least 4 members (excludes halogenated alkanes) is 5. The van der Waals surface area contributed by atoms with Crippen LogP contribution in [0.1, 0.15) is 69.9 Å². The first kappa shape index (κ1) is 14.6. The standard InChI is InChI=1S/C15H24N2OS/c1-2-3-4-5-6-7-10-19-15-16-13(12-8-9-12)11-14(18)17-15/h11-12H,2-10H2,1H3,(H,16,17,18). The highest BCUT2D eigenvalue weighted by molar-refractivity contribution is 7.99. The van der Waals surface area contributed by atoms with Gasteiger partial charge in [0.05, 0.1) is 5.69 Å². The number of hydrogen-bond donors (Lipinski definition) is 1. The van der Waals surface area contributed by atoms with E-state index < -0.39 is 0 Å². The van der Waals surface area contributed by atoms with Gasteiger partial charge in [0.15, 0.2) is 5.16 Å². The Morgan fingerprint density at radius 1 is 1.26 bits per heavy atom. The lowest BCUT2D eigenvalue weighted by atomic mass is 10.1. The Morgan fingerprint density at radius 3 is 2.74 bits per heavy atom. The fourth-order valence-electron chi connectivity index (χ4n) is 2.16. The first-order chi connectivity index (χ1) is 9.29. The van der Waals surface area contributed by atoms with Crippen molar-refractivity contribution in [2.75, 3.05) is 5.75 Å². The predicted molar refractivity (Wildman–Crippen MR) is 80.9 cm³/mol. The molecule has 106 valence electrons. The molecule has 1 aromatic heterocycles. The lowest BCUT2D eigenvalue weighted by Crippen LogP contribution is -2.09. The van der Waals surface area contributed by atoms with Crippen molar-refractivity contribution in [1.82, 2.24) is 9.97 Å². The summed E-state index contributed by atoms with van der Waals surface area (Å²) in [4.78, 5) is 18.9. The number of aromatic amines is 1. The lowest BCUT2D eigenvalue weighted by molar-refractivity contribution is 0.626. The second-order valence-electron chi connectivity index (χ2n) is 5.37. The molecule has 0 amide bonds. The molecule has 0 bridgehead atoms. The van der Waals surface area contributed by atoms with Gasteiger partial charge in [0.1, 0.15) is 0 Å². The summed E-state index contributed by atoms with van der Waals surface area (Å²) in [6.07, 6.45) is 10.2. The molecule has 1 heterocycles. The summed E-state index contributed by atoms with van der Waals surface area (Å²) in [6.45, 7) is 2.24. The highest BCUT2D eigenvalue weighted by atomic mass is 32.2. The van der Waals surface area contributed by atoms with Crippen molar-refractivity contribution in [3.8, 4) is 0 Å². The van der Waals surface area contributed by atoms with E-state index in [4.69, 9.17) is 0 Å². The average molecular weight is 280 g/mol. The number of H-pyrrole nitrogens is 1. The minimum atomic E-state index is 0.00217. The van der Waals surface area contributed by atoms with Gasteiger partial charge in [0.2, 0.25) is 0 Å². The number of nitrogens with zero attached hydrogens (tertiary/aromatic N) is 1. The predicted octanol–water partition coefficient (Wildman–Crippen LogP) is 4.10. The first-order valence-corrected chi connectivity index (χ1v) is 8.52. The fraction of sp³-hybridized carbons (Fsp3) is 0.733. The summed E-state index contributed by atoms with van der Waals surface area (Å²) in [7, 11) is 0. The molecule has 4 heteroatoms. The van der Waals surface area contributed by atoms with Gasteiger partial charge in [-0.05, 0) is 19.3 Å². The van der Waals surface area contributed by atoms with E-state index in [1.807, 2.05) is 0 Å². The molecule has 0 saturated heterocycles. The molecular weight excluding hydrogens is 256 g/mol. The van der Waals surface area contributed by atoms with Crippen LogP contribution in [-0.4, -0.2) is 15.7 Å². The molecule has 1 N–H and O–H groups in total. The maximum Gasteiger partial charge on any atom is 0.251 e. The van der Waals surface area contributed by atoms with E-state index >= 15 is 0 Å². The summed E-state index contributed by atoms with van der Waals surface area (Å²) in [5, 5.41) is 0.808. The molecule has 0 aromatic carbocycles. The second kappa shape index (κ2) is 7.73. The van der Waals surface area contributed by atoms with Crippen LogP contribution < -0.4 is 5.56 Å². The van der Waals surface area contributed by atoms with Crippen LogP contribution in [0.3, 0.4) is 0 Å². The molecule has 1 aliphatic rings. The zero-order valence-corrected chi connectivity index (χ0v) is 12.6. The van der Waals surface area contributed by atoms with Gasteiger partial charge in [0.25, 0.3) is 5.56 Å². The van der Waals surface area contributed by atoms with Crippen LogP contribution in [0.4, 0.5) is 0 Å². The van der Waals surface area contributed by atoms with Crippen molar-refractivity contribution in [2.45, 2.75) is 69.4 Å². The van der Waals surface area contributed by atoms with Gasteiger partial charge in [-0.3, -0.25) is 4.79 Å². The molecule has 0 spiro atoms. The minimum Gasteiger partial charge on any atom is -0.301 e. The summed E-state index contributed by atoms with van der Waals surface area (Å²) in [5.41, 5.74) is 0.997. The number of aromatic nitrogens is 2. The van der Waals surface area contributed by atoms with Crippen LogP contribution in [-0.2, 0) is 0 Å². The molecule has 1 aliphatic carbocycles. The Bertz CT molecular complexity index is 440. The van der Waals surface area contributed by atoms with Crippen LogP contribution >= 0.6 is 11.8 Å². The van der Waals surface area contributed by atoms with E-state index in [2.05, 4.69) is 16.9 Å². The van der Waals surface area contributed by atoms with E-state index in [0.29, 0.717) is 5.92 Å². The van der Waals surface area contributed by atoms with E-state index in [1.54, 1.807) is 17.8 Å². The molecule has 1 aromatic rings. The quantitative estimate of drug-likeness (QED) is 0.421. The molecule has 3 nitrogen and oxygen atoms in total. The molecule has 1 fully saturated rings. The maximum absolute atomic E-state index is 11.5. The van der Waals surface area contributed by atoms with Crippen LogP contribution in [0.25, 0.3) is 0 Å². The molecule has 19 heavy (non-hydrogen) atoms.